The Hall–Kier alpha value is -4.43. The van der Waals surface area contributed by atoms with Crippen LogP contribution >= 0.6 is 0 Å². The van der Waals surface area contributed by atoms with Crippen molar-refractivity contribution in [2.75, 3.05) is 6.61 Å². The summed E-state index contributed by atoms with van der Waals surface area (Å²) in [7, 11) is 0. The quantitative estimate of drug-likeness (QED) is 0.341. The summed E-state index contributed by atoms with van der Waals surface area (Å²) in [5.74, 6) is -1.71. The molecular weight excluding hydrogens is 508 g/mol. The number of carbonyl (C=O) groups excluding carboxylic acids is 2. The van der Waals surface area contributed by atoms with E-state index in [1.807, 2.05) is 54.6 Å². The Morgan fingerprint density at radius 1 is 0.925 bits per heavy atom. The average Bonchev–Trinajstić information content (AvgIpc) is 3.56. The average molecular weight is 541 g/mol. The molecule has 1 unspecified atom stereocenters. The molecule has 0 radical (unpaired) electrons. The van der Waals surface area contributed by atoms with Gasteiger partial charge in [0, 0.05) is 17.5 Å². The summed E-state index contributed by atoms with van der Waals surface area (Å²) in [4.78, 5) is 37.4. The molecule has 2 amide bonds. The molecule has 8 heteroatoms. The number of carboxylic acids is 1. The second-order valence-corrected chi connectivity index (χ2v) is 10.1. The Labute approximate surface area is 233 Å². The van der Waals surface area contributed by atoms with Gasteiger partial charge in [-0.3, -0.25) is 4.79 Å². The highest BCUT2D eigenvalue weighted by atomic mass is 16.5. The Morgan fingerprint density at radius 3 is 2.20 bits per heavy atom. The summed E-state index contributed by atoms with van der Waals surface area (Å²) in [6, 6.07) is 24.1. The standard InChI is InChI=1S/C32H32N2O6/c1-20(39-18-21-9-3-2-4-10-21)29(31(36)37)34-30(35)22-15-16-23(17-22)33-32(38)40-19-28-26-13-7-5-11-24(26)25-12-6-8-14-27(25)28/h2-15,20,23,28-29H,16-19H2,1H3,(H,33,38)(H,34,35)(H,36,37)/t20-,23?,29+/m1/s1. The fourth-order valence-electron chi connectivity index (χ4n) is 5.33. The zero-order valence-electron chi connectivity index (χ0n) is 22.2. The second kappa shape index (κ2) is 12.2. The van der Waals surface area contributed by atoms with Crippen LogP contribution in [0.25, 0.3) is 11.1 Å². The van der Waals surface area contributed by atoms with Crippen molar-refractivity contribution in [2.24, 2.45) is 0 Å². The number of carboxylic acid groups (broad SMARTS) is 1. The molecule has 0 aliphatic heterocycles. The molecule has 206 valence electrons. The van der Waals surface area contributed by atoms with E-state index in [0.717, 1.165) is 27.8 Å². The van der Waals surface area contributed by atoms with Gasteiger partial charge in [-0.2, -0.15) is 0 Å². The molecule has 3 aromatic rings. The van der Waals surface area contributed by atoms with Crippen LogP contribution in [0, 0.1) is 0 Å². The summed E-state index contributed by atoms with van der Waals surface area (Å²) in [6.07, 6.45) is 1.15. The molecule has 0 fully saturated rings. The molecule has 0 heterocycles. The van der Waals surface area contributed by atoms with Crippen LogP contribution in [-0.4, -0.2) is 47.9 Å². The minimum atomic E-state index is -1.22. The molecule has 0 saturated heterocycles. The minimum Gasteiger partial charge on any atom is -0.480 e. The van der Waals surface area contributed by atoms with E-state index in [2.05, 4.69) is 34.9 Å². The molecule has 8 nitrogen and oxygen atoms in total. The third-order valence-corrected chi connectivity index (χ3v) is 7.45. The van der Waals surface area contributed by atoms with Gasteiger partial charge >= 0.3 is 12.1 Å². The van der Waals surface area contributed by atoms with Gasteiger partial charge in [-0.25, -0.2) is 9.59 Å². The van der Waals surface area contributed by atoms with Crippen LogP contribution in [0.1, 0.15) is 42.4 Å². The van der Waals surface area contributed by atoms with Crippen LogP contribution < -0.4 is 10.6 Å². The third-order valence-electron chi connectivity index (χ3n) is 7.45. The summed E-state index contributed by atoms with van der Waals surface area (Å²) in [6.45, 7) is 2.05. The first-order valence-electron chi connectivity index (χ1n) is 13.4. The second-order valence-electron chi connectivity index (χ2n) is 10.1. The van der Waals surface area contributed by atoms with Gasteiger partial charge in [-0.15, -0.1) is 0 Å². The largest absolute Gasteiger partial charge is 0.480 e. The molecule has 3 N–H and O–H groups in total. The number of rotatable bonds is 10. The van der Waals surface area contributed by atoms with E-state index in [9.17, 15) is 19.5 Å². The Kier molecular flexibility index (Phi) is 8.26. The lowest BCUT2D eigenvalue weighted by molar-refractivity contribution is -0.146. The number of aliphatic carboxylic acids is 1. The lowest BCUT2D eigenvalue weighted by Crippen LogP contribution is -2.49. The highest BCUT2D eigenvalue weighted by molar-refractivity contribution is 5.96. The van der Waals surface area contributed by atoms with Crippen LogP contribution in [0.5, 0.6) is 0 Å². The zero-order valence-corrected chi connectivity index (χ0v) is 22.2. The van der Waals surface area contributed by atoms with Gasteiger partial charge in [0.15, 0.2) is 6.04 Å². The van der Waals surface area contributed by atoms with E-state index in [1.54, 1.807) is 13.0 Å². The Bertz CT molecular complexity index is 1370. The van der Waals surface area contributed by atoms with Crippen LogP contribution in [0.3, 0.4) is 0 Å². The highest BCUT2D eigenvalue weighted by Crippen LogP contribution is 2.44. The molecule has 3 aromatic carbocycles. The fourth-order valence-corrected chi connectivity index (χ4v) is 5.33. The first-order chi connectivity index (χ1) is 19.4. The van der Waals surface area contributed by atoms with Crippen molar-refractivity contribution in [3.05, 3.63) is 107 Å². The maximum absolute atomic E-state index is 12.9. The third kappa shape index (κ3) is 6.07. The molecule has 2 aliphatic carbocycles. The summed E-state index contributed by atoms with van der Waals surface area (Å²) in [5.41, 5.74) is 5.90. The number of alkyl carbamates (subject to hydrolysis) is 1. The van der Waals surface area contributed by atoms with Crippen molar-refractivity contribution in [1.82, 2.24) is 10.6 Å². The lowest BCUT2D eigenvalue weighted by Gasteiger charge is -2.22. The van der Waals surface area contributed by atoms with Crippen molar-refractivity contribution in [1.29, 1.82) is 0 Å². The van der Waals surface area contributed by atoms with E-state index in [1.165, 1.54) is 0 Å². The van der Waals surface area contributed by atoms with E-state index in [-0.39, 0.29) is 31.6 Å². The number of benzene rings is 3. The molecule has 5 rings (SSSR count). The number of hydrogen-bond acceptors (Lipinski definition) is 5. The SMILES string of the molecule is C[C@@H](OCc1ccccc1)[C@H](NC(=O)C1=CCC(NC(=O)OCC2c3ccccc3-c3ccccc32)C1)C(=O)O. The van der Waals surface area contributed by atoms with Crippen LogP contribution in [0.4, 0.5) is 4.79 Å². The van der Waals surface area contributed by atoms with Gasteiger partial charge in [0.2, 0.25) is 5.91 Å². The van der Waals surface area contributed by atoms with E-state index in [4.69, 9.17) is 9.47 Å². The lowest BCUT2D eigenvalue weighted by atomic mass is 9.98. The molecule has 0 aromatic heterocycles. The molecule has 3 atom stereocenters. The van der Waals surface area contributed by atoms with Gasteiger partial charge < -0.3 is 25.2 Å². The van der Waals surface area contributed by atoms with Crippen LogP contribution in [-0.2, 0) is 25.7 Å². The first-order valence-corrected chi connectivity index (χ1v) is 13.4. The number of hydrogen-bond donors (Lipinski definition) is 3. The maximum Gasteiger partial charge on any atom is 0.407 e. The van der Waals surface area contributed by atoms with Crippen molar-refractivity contribution >= 4 is 18.0 Å². The van der Waals surface area contributed by atoms with Crippen LogP contribution in [0.15, 0.2) is 90.5 Å². The smallest absolute Gasteiger partial charge is 0.407 e. The van der Waals surface area contributed by atoms with Crippen molar-refractivity contribution in [2.45, 2.75) is 50.5 Å². The topological polar surface area (TPSA) is 114 Å². The van der Waals surface area contributed by atoms with Gasteiger partial charge in [-0.05, 0) is 47.6 Å². The summed E-state index contributed by atoms with van der Waals surface area (Å²) >= 11 is 0. The molecule has 2 aliphatic rings. The van der Waals surface area contributed by atoms with Crippen molar-refractivity contribution in [3.8, 4) is 11.1 Å². The molecule has 0 bridgehead atoms. The zero-order chi connectivity index (χ0) is 28.1. The Balaban J connectivity index is 1.10. The summed E-state index contributed by atoms with van der Waals surface area (Å²) < 4.78 is 11.3. The predicted octanol–water partition coefficient (Wildman–Crippen LogP) is 4.79. The number of ether oxygens (including phenoxy) is 2. The number of amides is 2. The van der Waals surface area contributed by atoms with E-state index >= 15 is 0 Å². The van der Waals surface area contributed by atoms with Gasteiger partial charge in [0.25, 0.3) is 0 Å². The first kappa shape index (κ1) is 27.1. The van der Waals surface area contributed by atoms with E-state index in [0.29, 0.717) is 12.0 Å². The number of fused-ring (bicyclic) bond motifs is 3. The molecular formula is C32H32N2O6. The highest BCUT2D eigenvalue weighted by Gasteiger charge is 2.32. The summed E-state index contributed by atoms with van der Waals surface area (Å²) in [5, 5.41) is 15.1. The maximum atomic E-state index is 12.9. The van der Waals surface area contributed by atoms with Gasteiger partial charge in [0.1, 0.15) is 6.61 Å². The normalized spacial score (nSPS) is 17.2. The minimum absolute atomic E-state index is 0.0414. The van der Waals surface area contributed by atoms with Gasteiger partial charge in [0.05, 0.1) is 12.7 Å². The predicted molar refractivity (Wildman–Crippen MR) is 150 cm³/mol. The fraction of sp³-hybridized carbons (Fsp3) is 0.281. The van der Waals surface area contributed by atoms with Crippen molar-refractivity contribution < 1.29 is 29.0 Å². The molecule has 40 heavy (non-hydrogen) atoms. The Morgan fingerprint density at radius 2 is 1.55 bits per heavy atom. The van der Waals surface area contributed by atoms with Crippen LogP contribution in [0.2, 0.25) is 0 Å². The van der Waals surface area contributed by atoms with E-state index < -0.39 is 30.1 Å². The number of nitrogens with one attached hydrogen (secondary N) is 2. The van der Waals surface area contributed by atoms with Gasteiger partial charge in [-0.1, -0.05) is 84.9 Å². The monoisotopic (exact) mass is 540 g/mol. The number of carbonyl (C=O) groups is 3. The van der Waals surface area contributed by atoms with Crippen molar-refractivity contribution in [3.63, 3.8) is 0 Å². The molecule has 0 spiro atoms. The molecule has 0 saturated carbocycles.